The fourth-order valence-corrected chi connectivity index (χ4v) is 3.12. The van der Waals surface area contributed by atoms with E-state index in [2.05, 4.69) is 52.3 Å². The molecule has 0 spiro atoms. The van der Waals surface area contributed by atoms with Crippen molar-refractivity contribution in [1.29, 1.82) is 0 Å². The summed E-state index contributed by atoms with van der Waals surface area (Å²) >= 11 is 1.75. The molecule has 3 N–H and O–H groups in total. The zero-order valence-electron chi connectivity index (χ0n) is 15.0. The minimum absolute atomic E-state index is 0.00332. The fourth-order valence-electron chi connectivity index (χ4n) is 2.27. The summed E-state index contributed by atoms with van der Waals surface area (Å²) in [5.74, 6) is 0.510. The zero-order valence-corrected chi connectivity index (χ0v) is 15.8. The highest BCUT2D eigenvalue weighted by Gasteiger charge is 2.21. The number of nitrogens with one attached hydrogen (secondary N) is 3. The molecule has 2 aromatic rings. The maximum atomic E-state index is 12.0. The molecule has 0 aliphatic rings. The molecule has 0 bridgehead atoms. The van der Waals surface area contributed by atoms with E-state index in [1.807, 2.05) is 37.3 Å². The lowest BCUT2D eigenvalue weighted by Crippen LogP contribution is -2.43. The Hall–Kier alpha value is -2.34. The van der Waals surface area contributed by atoms with E-state index < -0.39 is 0 Å². The first kappa shape index (κ1) is 19.0. The molecule has 1 aromatic heterocycles. The maximum Gasteiger partial charge on any atom is 0.246 e. The van der Waals surface area contributed by atoms with E-state index >= 15 is 0 Å². The first-order chi connectivity index (χ1) is 12.0. The Labute approximate surface area is 153 Å². The van der Waals surface area contributed by atoms with Crippen molar-refractivity contribution in [3.8, 4) is 0 Å². The third-order valence-corrected chi connectivity index (χ3v) is 4.90. The molecule has 5 nitrogen and oxygen atoms in total. The lowest BCUT2D eigenvalue weighted by atomic mass is 9.91. The number of rotatable bonds is 7. The largest absolute Gasteiger partial charge is 0.357 e. The third kappa shape index (κ3) is 6.23. The topological polar surface area (TPSA) is 65.5 Å². The van der Waals surface area contributed by atoms with Crippen molar-refractivity contribution in [2.24, 2.45) is 4.99 Å². The predicted octanol–water partition coefficient (Wildman–Crippen LogP) is 3.22. The number of aliphatic imine (C=N–C) groups is 1. The number of carbonyl (C=O) groups is 1. The summed E-state index contributed by atoms with van der Waals surface area (Å²) in [6.07, 6.45) is 0. The summed E-state index contributed by atoms with van der Waals surface area (Å²) in [5, 5.41) is 11.4. The first-order valence-corrected chi connectivity index (χ1v) is 9.30. The van der Waals surface area contributed by atoms with Crippen LogP contribution in [-0.4, -0.2) is 31.5 Å². The molecule has 0 aliphatic carbocycles. The van der Waals surface area contributed by atoms with E-state index in [1.54, 1.807) is 11.3 Å². The highest BCUT2D eigenvalue weighted by atomic mass is 32.1. The normalized spacial score (nSPS) is 11.9. The quantitative estimate of drug-likeness (QED) is 0.526. The Morgan fingerprint density at radius 3 is 2.52 bits per heavy atom. The standard InChI is InChI=1S/C19H26N4OS/c1-4-20-18(22-14-19(2,3)16-11-8-12-25-16)21-13-17(24)23-15-9-6-5-7-10-15/h5-12H,4,13-14H2,1-3H3,(H,23,24)(H2,20,21,22). The van der Waals surface area contributed by atoms with Crippen LogP contribution in [0.15, 0.2) is 52.8 Å². The summed E-state index contributed by atoms with van der Waals surface area (Å²) in [4.78, 5) is 17.7. The second-order valence-electron chi connectivity index (χ2n) is 6.32. The molecule has 25 heavy (non-hydrogen) atoms. The number of benzene rings is 1. The van der Waals surface area contributed by atoms with Crippen molar-refractivity contribution in [3.05, 3.63) is 52.7 Å². The van der Waals surface area contributed by atoms with E-state index in [9.17, 15) is 4.79 Å². The highest BCUT2D eigenvalue weighted by Crippen LogP contribution is 2.26. The van der Waals surface area contributed by atoms with Gasteiger partial charge in [-0.25, -0.2) is 4.99 Å². The molecule has 0 aliphatic heterocycles. The first-order valence-electron chi connectivity index (χ1n) is 8.42. The number of thiophene rings is 1. The average molecular weight is 359 g/mol. The van der Waals surface area contributed by atoms with Crippen LogP contribution in [0.25, 0.3) is 0 Å². The van der Waals surface area contributed by atoms with E-state index in [0.29, 0.717) is 5.96 Å². The Bertz CT molecular complexity index is 681. The molecular formula is C19H26N4OS. The molecule has 0 saturated heterocycles. The van der Waals surface area contributed by atoms with E-state index in [1.165, 1.54) is 4.88 Å². The summed E-state index contributed by atoms with van der Waals surface area (Å²) in [6.45, 7) is 7.94. The third-order valence-electron chi connectivity index (χ3n) is 3.67. The van der Waals surface area contributed by atoms with Crippen LogP contribution < -0.4 is 16.0 Å². The van der Waals surface area contributed by atoms with Gasteiger partial charge in [-0.15, -0.1) is 11.3 Å². The van der Waals surface area contributed by atoms with Gasteiger partial charge < -0.3 is 16.0 Å². The second-order valence-corrected chi connectivity index (χ2v) is 7.27. The van der Waals surface area contributed by atoms with Gasteiger partial charge in [0, 0.05) is 29.1 Å². The van der Waals surface area contributed by atoms with E-state index in [4.69, 9.17) is 0 Å². The van der Waals surface area contributed by atoms with Crippen molar-refractivity contribution in [3.63, 3.8) is 0 Å². The van der Waals surface area contributed by atoms with Crippen molar-refractivity contribution in [2.45, 2.75) is 26.2 Å². The molecule has 0 radical (unpaired) electrons. The number of amides is 1. The van der Waals surface area contributed by atoms with Gasteiger partial charge in [-0.05, 0) is 30.5 Å². The Balaban J connectivity index is 1.90. The molecule has 6 heteroatoms. The minimum Gasteiger partial charge on any atom is -0.357 e. The van der Waals surface area contributed by atoms with Gasteiger partial charge in [0.05, 0.1) is 0 Å². The smallest absolute Gasteiger partial charge is 0.246 e. The molecule has 134 valence electrons. The van der Waals surface area contributed by atoms with Crippen molar-refractivity contribution >= 4 is 28.9 Å². The number of hydrogen-bond acceptors (Lipinski definition) is 3. The van der Waals surface area contributed by atoms with Gasteiger partial charge in [-0.1, -0.05) is 38.1 Å². The Morgan fingerprint density at radius 1 is 1.12 bits per heavy atom. The monoisotopic (exact) mass is 358 g/mol. The number of hydrogen-bond donors (Lipinski definition) is 3. The van der Waals surface area contributed by atoms with Gasteiger partial charge in [0.15, 0.2) is 5.96 Å². The molecule has 1 aromatic carbocycles. The van der Waals surface area contributed by atoms with Crippen molar-refractivity contribution < 1.29 is 4.79 Å². The van der Waals surface area contributed by atoms with Gasteiger partial charge in [-0.2, -0.15) is 0 Å². The lowest BCUT2D eigenvalue weighted by Gasteiger charge is -2.25. The van der Waals surface area contributed by atoms with E-state index in [-0.39, 0.29) is 17.9 Å². The number of nitrogens with zero attached hydrogens (tertiary/aromatic N) is 1. The number of para-hydroxylation sites is 1. The summed E-state index contributed by atoms with van der Waals surface area (Å²) in [5.41, 5.74) is 0.774. The molecule has 1 amide bonds. The van der Waals surface area contributed by atoms with Crippen molar-refractivity contribution in [1.82, 2.24) is 10.6 Å². The van der Waals surface area contributed by atoms with Crippen molar-refractivity contribution in [2.75, 3.05) is 25.0 Å². The van der Waals surface area contributed by atoms with Crippen LogP contribution in [0.5, 0.6) is 0 Å². The molecule has 0 fully saturated rings. The van der Waals surface area contributed by atoms with Crippen LogP contribution in [0.3, 0.4) is 0 Å². The van der Waals surface area contributed by atoms with Gasteiger partial charge in [-0.3, -0.25) is 4.79 Å². The van der Waals surface area contributed by atoms with Gasteiger partial charge in [0.1, 0.15) is 6.54 Å². The van der Waals surface area contributed by atoms with Crippen LogP contribution >= 0.6 is 11.3 Å². The Morgan fingerprint density at radius 2 is 1.88 bits per heavy atom. The SMILES string of the molecule is CCNC(=NCC(=O)Nc1ccccc1)NCC(C)(C)c1cccs1. The van der Waals surface area contributed by atoms with Gasteiger partial charge >= 0.3 is 0 Å². The minimum atomic E-state index is -0.138. The molecule has 2 rings (SSSR count). The van der Waals surface area contributed by atoms with Gasteiger partial charge in [0.2, 0.25) is 5.91 Å². The number of carbonyl (C=O) groups excluding carboxylic acids is 1. The summed E-state index contributed by atoms with van der Waals surface area (Å²) in [7, 11) is 0. The molecule has 0 unspecified atom stereocenters. The summed E-state index contributed by atoms with van der Waals surface area (Å²) < 4.78 is 0. The molecule has 0 saturated carbocycles. The summed E-state index contributed by atoms with van der Waals surface area (Å²) in [6, 6.07) is 13.6. The second kappa shape index (κ2) is 9.22. The predicted molar refractivity (Wildman–Crippen MR) is 106 cm³/mol. The molecule has 1 heterocycles. The molecular weight excluding hydrogens is 332 g/mol. The average Bonchev–Trinajstić information content (AvgIpc) is 3.14. The Kier molecular flexibility index (Phi) is 7.01. The lowest BCUT2D eigenvalue weighted by molar-refractivity contribution is -0.114. The van der Waals surface area contributed by atoms with Crippen LogP contribution in [0.4, 0.5) is 5.69 Å². The number of guanidine groups is 1. The van der Waals surface area contributed by atoms with E-state index in [0.717, 1.165) is 18.8 Å². The number of anilines is 1. The van der Waals surface area contributed by atoms with Crippen LogP contribution in [-0.2, 0) is 10.2 Å². The zero-order chi connectivity index (χ0) is 18.1. The van der Waals surface area contributed by atoms with Crippen LogP contribution in [0.1, 0.15) is 25.6 Å². The fraction of sp³-hybridized carbons (Fsp3) is 0.368. The highest BCUT2D eigenvalue weighted by molar-refractivity contribution is 7.10. The van der Waals surface area contributed by atoms with Crippen LogP contribution in [0, 0.1) is 0 Å². The molecule has 0 atom stereocenters. The van der Waals surface area contributed by atoms with Gasteiger partial charge in [0.25, 0.3) is 0 Å². The maximum absolute atomic E-state index is 12.0. The van der Waals surface area contributed by atoms with Crippen LogP contribution in [0.2, 0.25) is 0 Å².